The van der Waals surface area contributed by atoms with E-state index < -0.39 is 5.51 Å². The molecule has 0 radical (unpaired) electrons. The van der Waals surface area contributed by atoms with Crippen molar-refractivity contribution in [1.82, 2.24) is 15.0 Å². The van der Waals surface area contributed by atoms with Crippen LogP contribution in [0.5, 0.6) is 0 Å². The average Bonchev–Trinajstić information content (AvgIpc) is 3.09. The van der Waals surface area contributed by atoms with Gasteiger partial charge in [0.2, 0.25) is 0 Å². The number of aromatic nitrogens is 3. The Morgan fingerprint density at radius 1 is 1.14 bits per heavy atom. The zero-order valence-electron chi connectivity index (χ0n) is 11.1. The lowest BCUT2D eigenvalue weighted by Gasteiger charge is -2.09. The Hall–Kier alpha value is -1.80. The first kappa shape index (κ1) is 15.1. The predicted octanol–water partition coefficient (Wildman–Crippen LogP) is 4.67. The highest BCUT2D eigenvalue weighted by molar-refractivity contribution is 8.00. The Morgan fingerprint density at radius 2 is 1.91 bits per heavy atom. The molecule has 0 aliphatic heterocycles. The Bertz CT molecular complexity index is 737. The summed E-state index contributed by atoms with van der Waals surface area (Å²) < 4.78 is 39.9. The maximum absolute atomic E-state index is 12.9. The van der Waals surface area contributed by atoms with Crippen molar-refractivity contribution in [3.63, 3.8) is 0 Å². The molecule has 1 aromatic carbocycles. The maximum atomic E-state index is 12.9. The molecule has 114 valence electrons. The van der Waals surface area contributed by atoms with Crippen LogP contribution in [0.4, 0.5) is 13.2 Å². The molecular weight excluding hydrogens is 331 g/mol. The number of thioether (sulfide) groups is 1. The molecule has 3 aromatic rings. The molecule has 0 atom stereocenters. The van der Waals surface area contributed by atoms with Crippen molar-refractivity contribution in [1.29, 1.82) is 0 Å². The quantitative estimate of drug-likeness (QED) is 0.646. The van der Waals surface area contributed by atoms with Crippen LogP contribution in [0.15, 0.2) is 52.2 Å². The molecule has 0 saturated carbocycles. The van der Waals surface area contributed by atoms with E-state index in [9.17, 15) is 13.2 Å². The fourth-order valence-corrected chi connectivity index (χ4v) is 3.28. The van der Waals surface area contributed by atoms with Crippen LogP contribution >= 0.6 is 23.1 Å². The number of benzene rings is 1. The molecule has 8 heteroatoms. The van der Waals surface area contributed by atoms with E-state index in [4.69, 9.17) is 0 Å². The van der Waals surface area contributed by atoms with Gasteiger partial charge in [0.1, 0.15) is 10.7 Å². The van der Waals surface area contributed by atoms with E-state index in [1.54, 1.807) is 16.8 Å². The monoisotopic (exact) mass is 341 g/mol. The lowest BCUT2D eigenvalue weighted by atomic mass is 10.2. The molecule has 22 heavy (non-hydrogen) atoms. The lowest BCUT2D eigenvalue weighted by molar-refractivity contribution is -0.0330. The Labute approximate surface area is 132 Å². The summed E-state index contributed by atoms with van der Waals surface area (Å²) in [6, 6.07) is 10.9. The molecule has 0 N–H and O–H groups in total. The topological polar surface area (TPSA) is 30.7 Å². The minimum absolute atomic E-state index is 0.00903. The number of hydrogen-bond acceptors (Lipinski definition) is 4. The first-order chi connectivity index (χ1) is 10.5. The molecule has 0 aliphatic carbocycles. The largest absolute Gasteiger partial charge is 0.447 e. The molecule has 3 nitrogen and oxygen atoms in total. The van der Waals surface area contributed by atoms with Gasteiger partial charge in [0.25, 0.3) is 0 Å². The highest BCUT2D eigenvalue weighted by Crippen LogP contribution is 2.41. The Balaban J connectivity index is 1.99. The average molecular weight is 341 g/mol. The molecule has 0 bridgehead atoms. The smallest absolute Gasteiger partial charge is 0.233 e. The first-order valence-electron chi connectivity index (χ1n) is 6.28. The van der Waals surface area contributed by atoms with Crippen molar-refractivity contribution in [2.45, 2.75) is 17.1 Å². The molecule has 3 rings (SSSR count). The number of nitrogens with zero attached hydrogens (tertiary/aromatic N) is 3. The van der Waals surface area contributed by atoms with Gasteiger partial charge in [-0.25, -0.2) is 4.68 Å². The van der Waals surface area contributed by atoms with Crippen LogP contribution in [-0.2, 0) is 6.54 Å². The van der Waals surface area contributed by atoms with E-state index in [0.717, 1.165) is 5.56 Å². The number of thiophene rings is 1. The van der Waals surface area contributed by atoms with Crippen LogP contribution in [0.3, 0.4) is 0 Å². The van der Waals surface area contributed by atoms with E-state index in [0.29, 0.717) is 5.56 Å². The van der Waals surface area contributed by atoms with Crippen molar-refractivity contribution < 1.29 is 13.2 Å². The Kier molecular flexibility index (Phi) is 4.21. The number of halogens is 3. The van der Waals surface area contributed by atoms with Crippen molar-refractivity contribution in [2.75, 3.05) is 0 Å². The van der Waals surface area contributed by atoms with Crippen molar-refractivity contribution >= 4 is 23.1 Å². The molecule has 2 heterocycles. The maximum Gasteiger partial charge on any atom is 0.447 e. The SMILES string of the molecule is FC(F)(F)Sc1c(-c2ccsc2)nnn1Cc1ccccc1. The van der Waals surface area contributed by atoms with Gasteiger partial charge < -0.3 is 0 Å². The van der Waals surface area contributed by atoms with Crippen LogP contribution in [0.25, 0.3) is 11.3 Å². The molecule has 0 unspecified atom stereocenters. The normalized spacial score (nSPS) is 11.8. The highest BCUT2D eigenvalue weighted by Gasteiger charge is 2.34. The minimum Gasteiger partial charge on any atom is -0.233 e. The number of rotatable bonds is 4. The molecule has 0 saturated heterocycles. The lowest BCUT2D eigenvalue weighted by Crippen LogP contribution is -2.07. The Morgan fingerprint density at radius 3 is 2.55 bits per heavy atom. The van der Waals surface area contributed by atoms with Crippen LogP contribution in [0, 0.1) is 0 Å². The van der Waals surface area contributed by atoms with E-state index >= 15 is 0 Å². The van der Waals surface area contributed by atoms with E-state index in [2.05, 4.69) is 10.3 Å². The molecule has 2 aromatic heterocycles. The second kappa shape index (κ2) is 6.13. The summed E-state index contributed by atoms with van der Waals surface area (Å²) in [5.41, 5.74) is -2.61. The summed E-state index contributed by atoms with van der Waals surface area (Å²) in [4.78, 5) is 0. The van der Waals surface area contributed by atoms with Gasteiger partial charge in [-0.2, -0.15) is 24.5 Å². The number of hydrogen-bond donors (Lipinski definition) is 0. The molecule has 0 aliphatic rings. The van der Waals surface area contributed by atoms with Gasteiger partial charge in [0.05, 0.1) is 6.54 Å². The summed E-state index contributed by atoms with van der Waals surface area (Å²) in [5, 5.41) is 11.4. The van der Waals surface area contributed by atoms with Crippen molar-refractivity contribution in [2.24, 2.45) is 0 Å². The summed E-state index contributed by atoms with van der Waals surface area (Å²) in [5.74, 6) is 0. The van der Waals surface area contributed by atoms with Crippen molar-refractivity contribution in [3.05, 3.63) is 52.7 Å². The van der Waals surface area contributed by atoms with E-state index in [1.165, 1.54) is 16.0 Å². The van der Waals surface area contributed by atoms with Crippen LogP contribution in [0.1, 0.15) is 5.56 Å². The van der Waals surface area contributed by atoms with Crippen LogP contribution in [0.2, 0.25) is 0 Å². The molecule has 0 fully saturated rings. The molecule has 0 spiro atoms. The standard InChI is InChI=1S/C14H10F3N3S2/c15-14(16,17)22-13-12(11-6-7-21-9-11)18-19-20(13)8-10-4-2-1-3-5-10/h1-7,9H,8H2. The predicted molar refractivity (Wildman–Crippen MR) is 80.8 cm³/mol. The van der Waals surface area contributed by atoms with Crippen molar-refractivity contribution in [3.8, 4) is 11.3 Å². The van der Waals surface area contributed by atoms with Gasteiger partial charge in [-0.05, 0) is 17.0 Å². The van der Waals surface area contributed by atoms with Gasteiger partial charge in [-0.1, -0.05) is 35.5 Å². The van der Waals surface area contributed by atoms with Gasteiger partial charge in [-0.15, -0.1) is 5.10 Å². The fraction of sp³-hybridized carbons (Fsp3) is 0.143. The van der Waals surface area contributed by atoms with Gasteiger partial charge in [0, 0.05) is 22.7 Å². The molecule has 0 amide bonds. The first-order valence-corrected chi connectivity index (χ1v) is 8.04. The minimum atomic E-state index is -4.39. The van der Waals surface area contributed by atoms with Gasteiger partial charge >= 0.3 is 5.51 Å². The third-order valence-corrected chi connectivity index (χ3v) is 4.38. The molecular formula is C14H10F3N3S2. The van der Waals surface area contributed by atoms with Gasteiger partial charge in [0.15, 0.2) is 0 Å². The van der Waals surface area contributed by atoms with Gasteiger partial charge in [-0.3, -0.25) is 0 Å². The van der Waals surface area contributed by atoms with Crippen LogP contribution in [-0.4, -0.2) is 20.5 Å². The van der Waals surface area contributed by atoms with E-state index in [1.807, 2.05) is 30.3 Å². The summed E-state index contributed by atoms with van der Waals surface area (Å²) in [7, 11) is 0. The summed E-state index contributed by atoms with van der Waals surface area (Å²) in [6.45, 7) is 0.246. The van der Waals surface area contributed by atoms with Crippen LogP contribution < -0.4 is 0 Å². The third-order valence-electron chi connectivity index (χ3n) is 2.87. The number of alkyl halides is 3. The zero-order valence-corrected chi connectivity index (χ0v) is 12.8. The zero-order chi connectivity index (χ0) is 15.6. The summed E-state index contributed by atoms with van der Waals surface area (Å²) >= 11 is 1.23. The van der Waals surface area contributed by atoms with E-state index in [-0.39, 0.29) is 29.0 Å². The summed E-state index contributed by atoms with van der Waals surface area (Å²) in [6.07, 6.45) is 0. The third kappa shape index (κ3) is 3.50. The second-order valence-corrected chi connectivity index (χ2v) is 6.28. The fourth-order valence-electron chi connectivity index (χ4n) is 1.96. The second-order valence-electron chi connectivity index (χ2n) is 4.45. The highest BCUT2D eigenvalue weighted by atomic mass is 32.2.